The third-order valence-electron chi connectivity index (χ3n) is 4.46. The lowest BCUT2D eigenvalue weighted by Gasteiger charge is -2.09. The molecule has 0 fully saturated rings. The second-order valence-electron chi connectivity index (χ2n) is 6.34. The number of amides is 1. The lowest BCUT2D eigenvalue weighted by molar-refractivity contribution is -0.110. The van der Waals surface area contributed by atoms with Crippen LogP contribution in [0.5, 0.6) is 0 Å². The van der Waals surface area contributed by atoms with Gasteiger partial charge >= 0.3 is 5.97 Å². The molecule has 1 aliphatic rings. The smallest absolute Gasteiger partial charge is 0.337 e. The molecular formula is C21H15ClN2O3. The first kappa shape index (κ1) is 17.1. The number of aromatic carboxylic acids is 1. The predicted molar refractivity (Wildman–Crippen MR) is 106 cm³/mol. The fourth-order valence-electron chi connectivity index (χ4n) is 3.33. The average molecular weight is 379 g/mol. The molecule has 2 heterocycles. The van der Waals surface area contributed by atoms with E-state index in [4.69, 9.17) is 11.6 Å². The molecule has 1 amide bonds. The highest BCUT2D eigenvalue weighted by Crippen LogP contribution is 2.41. The van der Waals surface area contributed by atoms with Crippen LogP contribution in [0, 0.1) is 6.92 Å². The molecular weight excluding hydrogens is 364 g/mol. The number of halogens is 1. The molecule has 0 atom stereocenters. The zero-order chi connectivity index (χ0) is 19.1. The van der Waals surface area contributed by atoms with Crippen molar-refractivity contribution >= 4 is 40.8 Å². The predicted octanol–water partition coefficient (Wildman–Crippen LogP) is 4.83. The summed E-state index contributed by atoms with van der Waals surface area (Å²) in [6.45, 7) is 1.77. The highest BCUT2D eigenvalue weighted by atomic mass is 35.5. The molecule has 1 aliphatic heterocycles. The van der Waals surface area contributed by atoms with Gasteiger partial charge in [-0.2, -0.15) is 0 Å². The Morgan fingerprint density at radius 1 is 1.15 bits per heavy atom. The number of carbonyl (C=O) groups excluding carboxylic acids is 1. The zero-order valence-electron chi connectivity index (χ0n) is 14.3. The SMILES string of the molecule is Cc1cc(C(=O)O)c(C=C2C(=O)Nc3cccc(-c4cccc(Cl)c4)c32)[nH]1. The van der Waals surface area contributed by atoms with E-state index in [0.29, 0.717) is 27.7 Å². The minimum Gasteiger partial charge on any atom is -0.478 e. The number of aromatic nitrogens is 1. The number of benzene rings is 2. The van der Waals surface area contributed by atoms with Crippen molar-refractivity contribution in [3.63, 3.8) is 0 Å². The van der Waals surface area contributed by atoms with Gasteiger partial charge in [-0.25, -0.2) is 4.79 Å². The first-order valence-electron chi connectivity index (χ1n) is 8.29. The van der Waals surface area contributed by atoms with Crippen molar-refractivity contribution in [2.24, 2.45) is 0 Å². The Bertz CT molecular complexity index is 1130. The van der Waals surface area contributed by atoms with Crippen LogP contribution in [-0.4, -0.2) is 22.0 Å². The van der Waals surface area contributed by atoms with Gasteiger partial charge in [-0.15, -0.1) is 0 Å². The molecule has 2 aromatic carbocycles. The van der Waals surface area contributed by atoms with Crippen LogP contribution in [0.3, 0.4) is 0 Å². The van der Waals surface area contributed by atoms with E-state index in [1.165, 1.54) is 0 Å². The van der Waals surface area contributed by atoms with Crippen LogP contribution in [0.1, 0.15) is 27.3 Å². The summed E-state index contributed by atoms with van der Waals surface area (Å²) in [7, 11) is 0. The number of carbonyl (C=O) groups is 2. The summed E-state index contributed by atoms with van der Waals surface area (Å²) in [5.74, 6) is -1.32. The quantitative estimate of drug-likeness (QED) is 0.570. The topological polar surface area (TPSA) is 82.2 Å². The lowest BCUT2D eigenvalue weighted by atomic mass is 9.94. The summed E-state index contributed by atoms with van der Waals surface area (Å²) >= 11 is 6.13. The van der Waals surface area contributed by atoms with Crippen molar-refractivity contribution in [2.45, 2.75) is 6.92 Å². The fourth-order valence-corrected chi connectivity index (χ4v) is 3.52. The molecule has 6 heteroatoms. The molecule has 0 unspecified atom stereocenters. The van der Waals surface area contributed by atoms with E-state index in [0.717, 1.165) is 16.7 Å². The van der Waals surface area contributed by atoms with Crippen molar-refractivity contribution in [3.05, 3.63) is 76.1 Å². The molecule has 4 rings (SSSR count). The molecule has 3 N–H and O–H groups in total. The maximum Gasteiger partial charge on any atom is 0.337 e. The Morgan fingerprint density at radius 2 is 1.93 bits per heavy atom. The van der Waals surface area contributed by atoms with Crippen molar-refractivity contribution in [2.75, 3.05) is 5.32 Å². The number of aromatic amines is 1. The van der Waals surface area contributed by atoms with E-state index in [1.807, 2.05) is 36.4 Å². The maximum absolute atomic E-state index is 12.6. The number of H-pyrrole nitrogens is 1. The van der Waals surface area contributed by atoms with Gasteiger partial charge in [0.15, 0.2) is 0 Å². The third kappa shape index (κ3) is 3.02. The number of rotatable bonds is 3. The van der Waals surface area contributed by atoms with Crippen LogP contribution in [0.25, 0.3) is 22.8 Å². The molecule has 27 heavy (non-hydrogen) atoms. The molecule has 0 radical (unpaired) electrons. The number of aryl methyl sites for hydroxylation is 1. The van der Waals surface area contributed by atoms with Crippen LogP contribution < -0.4 is 5.32 Å². The highest BCUT2D eigenvalue weighted by molar-refractivity contribution is 6.36. The van der Waals surface area contributed by atoms with Crippen molar-refractivity contribution in [1.82, 2.24) is 4.98 Å². The molecule has 3 aromatic rings. The van der Waals surface area contributed by atoms with E-state index in [-0.39, 0.29) is 11.5 Å². The molecule has 134 valence electrons. The van der Waals surface area contributed by atoms with E-state index >= 15 is 0 Å². The van der Waals surface area contributed by atoms with E-state index in [9.17, 15) is 14.7 Å². The number of carboxylic acid groups (broad SMARTS) is 1. The van der Waals surface area contributed by atoms with Crippen molar-refractivity contribution < 1.29 is 14.7 Å². The van der Waals surface area contributed by atoms with Crippen LogP contribution in [-0.2, 0) is 4.79 Å². The second kappa shape index (κ2) is 6.45. The van der Waals surface area contributed by atoms with Crippen LogP contribution in [0.15, 0.2) is 48.5 Å². The van der Waals surface area contributed by atoms with Gasteiger partial charge in [0.2, 0.25) is 0 Å². The minimum absolute atomic E-state index is 0.126. The Morgan fingerprint density at radius 3 is 2.67 bits per heavy atom. The largest absolute Gasteiger partial charge is 0.478 e. The number of carboxylic acids is 1. The molecule has 5 nitrogen and oxygen atoms in total. The third-order valence-corrected chi connectivity index (χ3v) is 4.70. The summed E-state index contributed by atoms with van der Waals surface area (Å²) in [6.07, 6.45) is 1.59. The van der Waals surface area contributed by atoms with Crippen LogP contribution in [0.2, 0.25) is 5.02 Å². The van der Waals surface area contributed by atoms with Crippen molar-refractivity contribution in [1.29, 1.82) is 0 Å². The zero-order valence-corrected chi connectivity index (χ0v) is 15.1. The Balaban J connectivity index is 1.93. The van der Waals surface area contributed by atoms with Gasteiger partial charge in [-0.05, 0) is 48.4 Å². The van der Waals surface area contributed by atoms with Gasteiger partial charge in [0, 0.05) is 22.0 Å². The summed E-state index contributed by atoms with van der Waals surface area (Å²) in [5, 5.41) is 12.9. The first-order chi connectivity index (χ1) is 12.9. The second-order valence-corrected chi connectivity index (χ2v) is 6.77. The van der Waals surface area contributed by atoms with Gasteiger partial charge in [-0.1, -0.05) is 35.9 Å². The van der Waals surface area contributed by atoms with Crippen LogP contribution >= 0.6 is 11.6 Å². The highest BCUT2D eigenvalue weighted by Gasteiger charge is 2.28. The molecule has 0 saturated heterocycles. The van der Waals surface area contributed by atoms with E-state index < -0.39 is 5.97 Å². The molecule has 0 saturated carbocycles. The van der Waals surface area contributed by atoms with Crippen molar-refractivity contribution in [3.8, 4) is 11.1 Å². The van der Waals surface area contributed by atoms with E-state index in [2.05, 4.69) is 10.3 Å². The summed E-state index contributed by atoms with van der Waals surface area (Å²) in [5.41, 5.74) is 4.77. The molecule has 1 aromatic heterocycles. The molecule has 0 aliphatic carbocycles. The van der Waals surface area contributed by atoms with Gasteiger partial charge in [0.25, 0.3) is 5.91 Å². The van der Waals surface area contributed by atoms with E-state index in [1.54, 1.807) is 25.1 Å². The summed E-state index contributed by atoms with van der Waals surface area (Å²) in [6, 6.07) is 14.5. The summed E-state index contributed by atoms with van der Waals surface area (Å²) < 4.78 is 0. The fraction of sp³-hybridized carbons (Fsp3) is 0.0476. The number of hydrogen-bond acceptors (Lipinski definition) is 2. The van der Waals surface area contributed by atoms with Gasteiger partial charge in [0.05, 0.1) is 16.8 Å². The lowest BCUT2D eigenvalue weighted by Crippen LogP contribution is -2.04. The van der Waals surface area contributed by atoms with Gasteiger partial charge in [0.1, 0.15) is 0 Å². The Hall–Kier alpha value is -3.31. The number of nitrogens with one attached hydrogen (secondary N) is 2. The average Bonchev–Trinajstić information content (AvgIpc) is 3.15. The Labute approximate surface area is 160 Å². The van der Waals surface area contributed by atoms with Gasteiger partial charge < -0.3 is 15.4 Å². The standard InChI is InChI=1S/C21H15ClN2O3/c1-11-8-15(21(26)27)18(23-11)10-16-19-14(12-4-2-5-13(22)9-12)6-3-7-17(19)24-20(16)25/h2-10,23H,1H3,(H,24,25)(H,26,27). The maximum atomic E-state index is 12.6. The molecule has 0 spiro atoms. The molecule has 0 bridgehead atoms. The Kier molecular flexibility index (Phi) is 4.09. The number of anilines is 1. The number of hydrogen-bond donors (Lipinski definition) is 3. The number of fused-ring (bicyclic) bond motifs is 1. The minimum atomic E-state index is -1.05. The van der Waals surface area contributed by atoms with Crippen LogP contribution in [0.4, 0.5) is 5.69 Å². The summed E-state index contributed by atoms with van der Waals surface area (Å²) in [4.78, 5) is 27.1. The monoisotopic (exact) mass is 378 g/mol. The normalized spacial score (nSPS) is 14.3. The first-order valence-corrected chi connectivity index (χ1v) is 8.67. The van der Waals surface area contributed by atoms with Gasteiger partial charge in [-0.3, -0.25) is 4.79 Å².